The molecule has 0 aliphatic carbocycles. The van der Waals surface area contributed by atoms with E-state index in [2.05, 4.69) is 9.97 Å². The smallest absolute Gasteiger partial charge is 0.416 e. The first-order valence-corrected chi connectivity index (χ1v) is 9.88. The summed E-state index contributed by atoms with van der Waals surface area (Å²) in [6.45, 7) is 2.88. The van der Waals surface area contributed by atoms with E-state index in [4.69, 9.17) is 21.1 Å². The molecule has 0 radical (unpaired) electrons. The summed E-state index contributed by atoms with van der Waals surface area (Å²) in [6, 6.07) is 3.58. The molecule has 3 rings (SSSR count). The minimum atomic E-state index is -4.53. The fourth-order valence-electron chi connectivity index (χ4n) is 3.28. The fraction of sp³-hybridized carbons (Fsp3) is 0.450. The normalized spacial score (nSPS) is 17.0. The SMILES string of the molecule is CCOC(=O)C1CCCN(c2ncc(OCc3c(Cl)cccc3C(F)(F)F)cn2)C1. The van der Waals surface area contributed by atoms with Gasteiger partial charge in [0.15, 0.2) is 5.75 Å². The van der Waals surface area contributed by atoms with E-state index in [1.165, 1.54) is 24.5 Å². The van der Waals surface area contributed by atoms with Crippen molar-refractivity contribution in [2.75, 3.05) is 24.6 Å². The van der Waals surface area contributed by atoms with Gasteiger partial charge in [-0.05, 0) is 31.9 Å². The number of ether oxygens (including phenoxy) is 2. The molecule has 0 saturated carbocycles. The van der Waals surface area contributed by atoms with E-state index in [0.717, 1.165) is 18.9 Å². The lowest BCUT2D eigenvalue weighted by atomic mass is 9.98. The van der Waals surface area contributed by atoms with E-state index in [0.29, 0.717) is 25.6 Å². The van der Waals surface area contributed by atoms with Gasteiger partial charge in [0.05, 0.1) is 30.5 Å². The van der Waals surface area contributed by atoms with Crippen molar-refractivity contribution in [3.05, 3.63) is 46.7 Å². The number of benzene rings is 1. The first kappa shape index (κ1) is 22.1. The molecule has 2 aromatic rings. The largest absolute Gasteiger partial charge is 0.486 e. The predicted molar refractivity (Wildman–Crippen MR) is 104 cm³/mol. The van der Waals surface area contributed by atoms with Gasteiger partial charge in [0.25, 0.3) is 0 Å². The zero-order valence-electron chi connectivity index (χ0n) is 16.3. The average Bonchev–Trinajstić information content (AvgIpc) is 2.73. The van der Waals surface area contributed by atoms with E-state index >= 15 is 0 Å². The van der Waals surface area contributed by atoms with Gasteiger partial charge < -0.3 is 14.4 Å². The fourth-order valence-corrected chi connectivity index (χ4v) is 3.51. The summed E-state index contributed by atoms with van der Waals surface area (Å²) in [5.41, 5.74) is -0.991. The number of piperidine rings is 1. The Kier molecular flexibility index (Phi) is 7.02. The van der Waals surface area contributed by atoms with Crippen LogP contribution >= 0.6 is 11.6 Å². The summed E-state index contributed by atoms with van der Waals surface area (Å²) in [5, 5.41) is -0.0271. The van der Waals surface area contributed by atoms with E-state index in [-0.39, 0.29) is 34.8 Å². The van der Waals surface area contributed by atoms with Crippen LogP contribution in [0.2, 0.25) is 5.02 Å². The summed E-state index contributed by atoms with van der Waals surface area (Å²) in [5.74, 6) is 0.164. The molecule has 0 amide bonds. The Morgan fingerprint density at radius 2 is 2.03 bits per heavy atom. The Morgan fingerprint density at radius 1 is 1.30 bits per heavy atom. The third-order valence-electron chi connectivity index (χ3n) is 4.75. The van der Waals surface area contributed by atoms with Crippen molar-refractivity contribution >= 4 is 23.5 Å². The molecule has 0 bridgehead atoms. The number of hydrogen-bond donors (Lipinski definition) is 0. The molecule has 1 aliphatic heterocycles. The Hall–Kier alpha value is -2.55. The molecular formula is C20H21ClF3N3O3. The van der Waals surface area contributed by atoms with Crippen molar-refractivity contribution in [3.8, 4) is 5.75 Å². The maximum absolute atomic E-state index is 13.2. The van der Waals surface area contributed by atoms with Crippen LogP contribution in [0.25, 0.3) is 0 Å². The van der Waals surface area contributed by atoms with Crippen LogP contribution in [0.1, 0.15) is 30.9 Å². The Morgan fingerprint density at radius 3 is 2.70 bits per heavy atom. The summed E-state index contributed by atoms with van der Waals surface area (Å²) >= 11 is 5.93. The molecular weight excluding hydrogens is 423 g/mol. The van der Waals surface area contributed by atoms with Gasteiger partial charge in [0.1, 0.15) is 6.61 Å². The van der Waals surface area contributed by atoms with Crippen LogP contribution in [0, 0.1) is 5.92 Å². The molecule has 0 spiro atoms. The second-order valence-electron chi connectivity index (χ2n) is 6.81. The summed E-state index contributed by atoms with van der Waals surface area (Å²) in [4.78, 5) is 22.3. The van der Waals surface area contributed by atoms with E-state index in [1.54, 1.807) is 6.92 Å². The molecule has 1 unspecified atom stereocenters. The average molecular weight is 444 g/mol. The van der Waals surface area contributed by atoms with E-state index < -0.39 is 11.7 Å². The van der Waals surface area contributed by atoms with Crippen LogP contribution in [0.5, 0.6) is 5.75 Å². The number of hydrogen-bond acceptors (Lipinski definition) is 6. The van der Waals surface area contributed by atoms with Crippen molar-refractivity contribution in [1.29, 1.82) is 0 Å². The summed E-state index contributed by atoms with van der Waals surface area (Å²) in [6.07, 6.45) is -0.206. The van der Waals surface area contributed by atoms with Crippen LogP contribution in [0.15, 0.2) is 30.6 Å². The van der Waals surface area contributed by atoms with Crippen LogP contribution in [-0.4, -0.2) is 35.6 Å². The zero-order chi connectivity index (χ0) is 21.7. The quantitative estimate of drug-likeness (QED) is 0.612. The molecule has 1 aliphatic rings. The van der Waals surface area contributed by atoms with Crippen molar-refractivity contribution in [3.63, 3.8) is 0 Å². The predicted octanol–water partition coefficient (Wildman–Crippen LogP) is 4.51. The lowest BCUT2D eigenvalue weighted by Gasteiger charge is -2.31. The molecule has 1 saturated heterocycles. The number of esters is 1. The highest BCUT2D eigenvalue weighted by molar-refractivity contribution is 6.31. The molecule has 1 fully saturated rings. The lowest BCUT2D eigenvalue weighted by molar-refractivity contribution is -0.148. The van der Waals surface area contributed by atoms with Crippen LogP contribution in [-0.2, 0) is 22.3 Å². The number of carbonyl (C=O) groups is 1. The minimum absolute atomic E-state index is 0.0271. The Balaban J connectivity index is 1.65. The number of alkyl halides is 3. The molecule has 1 aromatic carbocycles. The number of nitrogens with zero attached hydrogens (tertiary/aromatic N) is 3. The van der Waals surface area contributed by atoms with Gasteiger partial charge in [0, 0.05) is 23.7 Å². The molecule has 1 aromatic heterocycles. The number of halogens is 4. The molecule has 10 heteroatoms. The first-order chi connectivity index (χ1) is 14.3. The Bertz CT molecular complexity index is 878. The van der Waals surface area contributed by atoms with Gasteiger partial charge in [-0.3, -0.25) is 4.79 Å². The highest BCUT2D eigenvalue weighted by Crippen LogP contribution is 2.35. The van der Waals surface area contributed by atoms with E-state index in [1.807, 2.05) is 4.90 Å². The lowest BCUT2D eigenvalue weighted by Crippen LogP contribution is -2.40. The molecule has 1 atom stereocenters. The topological polar surface area (TPSA) is 64.5 Å². The molecule has 6 nitrogen and oxygen atoms in total. The molecule has 30 heavy (non-hydrogen) atoms. The standard InChI is InChI=1S/C20H21ClF3N3O3/c1-2-29-18(28)13-5-4-8-27(11-13)19-25-9-14(10-26-19)30-12-15-16(20(22,23)24)6-3-7-17(15)21/h3,6-7,9-10,13H,2,4-5,8,11-12H2,1H3. The first-order valence-electron chi connectivity index (χ1n) is 9.50. The number of anilines is 1. The molecule has 2 heterocycles. The van der Waals surface area contributed by atoms with Gasteiger partial charge in [-0.15, -0.1) is 0 Å². The van der Waals surface area contributed by atoms with Gasteiger partial charge in [-0.1, -0.05) is 17.7 Å². The highest BCUT2D eigenvalue weighted by Gasteiger charge is 2.34. The molecule has 162 valence electrons. The van der Waals surface area contributed by atoms with Crippen molar-refractivity contribution in [2.45, 2.75) is 32.5 Å². The number of aromatic nitrogens is 2. The second-order valence-corrected chi connectivity index (χ2v) is 7.22. The highest BCUT2D eigenvalue weighted by atomic mass is 35.5. The van der Waals surface area contributed by atoms with Crippen LogP contribution < -0.4 is 9.64 Å². The third-order valence-corrected chi connectivity index (χ3v) is 5.10. The van der Waals surface area contributed by atoms with Crippen molar-refractivity contribution < 1.29 is 27.4 Å². The van der Waals surface area contributed by atoms with Gasteiger partial charge in [0.2, 0.25) is 5.95 Å². The second kappa shape index (κ2) is 9.51. The maximum atomic E-state index is 13.2. The minimum Gasteiger partial charge on any atom is -0.486 e. The Labute approximate surface area is 177 Å². The number of rotatable bonds is 6. The van der Waals surface area contributed by atoms with Crippen molar-refractivity contribution in [1.82, 2.24) is 9.97 Å². The third kappa shape index (κ3) is 5.33. The van der Waals surface area contributed by atoms with Crippen LogP contribution in [0.4, 0.5) is 19.1 Å². The van der Waals surface area contributed by atoms with Gasteiger partial charge in [-0.25, -0.2) is 9.97 Å². The monoisotopic (exact) mass is 443 g/mol. The van der Waals surface area contributed by atoms with Crippen molar-refractivity contribution in [2.24, 2.45) is 5.92 Å². The molecule has 0 N–H and O–H groups in total. The maximum Gasteiger partial charge on any atom is 0.416 e. The van der Waals surface area contributed by atoms with Gasteiger partial charge in [-0.2, -0.15) is 13.2 Å². The summed E-state index contributed by atoms with van der Waals surface area (Å²) in [7, 11) is 0. The van der Waals surface area contributed by atoms with E-state index in [9.17, 15) is 18.0 Å². The number of carbonyl (C=O) groups excluding carboxylic acids is 1. The summed E-state index contributed by atoms with van der Waals surface area (Å²) < 4.78 is 50.0. The van der Waals surface area contributed by atoms with Gasteiger partial charge >= 0.3 is 12.1 Å². The zero-order valence-corrected chi connectivity index (χ0v) is 17.0. The van der Waals surface area contributed by atoms with Crippen LogP contribution in [0.3, 0.4) is 0 Å².